The maximum Gasteiger partial charge on any atom is 0.424 e. The van der Waals surface area contributed by atoms with Crippen LogP contribution in [0.5, 0.6) is 0 Å². The minimum atomic E-state index is -0.752. The first-order valence-corrected chi connectivity index (χ1v) is 8.38. The smallest absolute Gasteiger partial charge is 0.424 e. The number of para-hydroxylation sites is 1. The molecule has 6 heteroatoms. The number of aromatic nitrogens is 1. The van der Waals surface area contributed by atoms with E-state index in [1.54, 1.807) is 32.9 Å². The van der Waals surface area contributed by atoms with E-state index >= 15 is 0 Å². The summed E-state index contributed by atoms with van der Waals surface area (Å²) in [6.07, 6.45) is 2.62. The monoisotopic (exact) mass is 354 g/mol. The summed E-state index contributed by atoms with van der Waals surface area (Å²) in [6.45, 7) is 5.25. The predicted molar refractivity (Wildman–Crippen MR) is 99.1 cm³/mol. The first-order valence-electron chi connectivity index (χ1n) is 8.38. The summed E-state index contributed by atoms with van der Waals surface area (Å²) in [6, 6.07) is 11.0. The largest absolute Gasteiger partial charge is 0.448 e. The number of anilines is 1. The molecule has 0 aliphatic heterocycles. The molecule has 0 unspecified atom stereocenters. The molecule has 26 heavy (non-hydrogen) atoms. The summed E-state index contributed by atoms with van der Waals surface area (Å²) in [5.74, 6) is -0.268. The lowest BCUT2D eigenvalue weighted by Gasteiger charge is -2.24. The van der Waals surface area contributed by atoms with E-state index in [9.17, 15) is 9.59 Å². The molecule has 3 rings (SSSR count). The highest BCUT2D eigenvalue weighted by molar-refractivity contribution is 6.12. The van der Waals surface area contributed by atoms with Crippen LogP contribution in [0.25, 0.3) is 10.9 Å². The quantitative estimate of drug-likeness (QED) is 0.704. The van der Waals surface area contributed by atoms with E-state index in [1.165, 1.54) is 6.26 Å². The zero-order valence-corrected chi connectivity index (χ0v) is 15.4. The third kappa shape index (κ3) is 3.64. The number of nitrogens with zero attached hydrogens (tertiary/aromatic N) is 2. The molecule has 0 saturated heterocycles. The number of ether oxygens (including phenoxy) is 1. The molecule has 0 atom stereocenters. The number of carbonyl (C=O) groups is 2. The van der Waals surface area contributed by atoms with E-state index in [0.717, 1.165) is 21.4 Å². The number of amides is 2. The maximum atomic E-state index is 12.9. The Kier molecular flexibility index (Phi) is 4.59. The molecular formula is C20H22N2O4. The van der Waals surface area contributed by atoms with Crippen molar-refractivity contribution in [3.63, 3.8) is 0 Å². The molecule has 0 aliphatic rings. The molecule has 0 spiro atoms. The molecule has 0 aliphatic carbocycles. The molecule has 2 amide bonds. The number of aryl methyl sites for hydroxylation is 1. The average molecular weight is 354 g/mol. The van der Waals surface area contributed by atoms with Gasteiger partial charge in [-0.3, -0.25) is 4.79 Å². The Bertz CT molecular complexity index is 933. The first-order chi connectivity index (χ1) is 12.3. The van der Waals surface area contributed by atoms with Crippen LogP contribution in [0.15, 0.2) is 53.3 Å². The van der Waals surface area contributed by atoms with Gasteiger partial charge in [0.1, 0.15) is 5.60 Å². The number of hydrogen-bond donors (Lipinski definition) is 0. The Morgan fingerprint density at radius 1 is 1.15 bits per heavy atom. The van der Waals surface area contributed by atoms with Gasteiger partial charge < -0.3 is 13.7 Å². The molecule has 136 valence electrons. The van der Waals surface area contributed by atoms with Gasteiger partial charge in [-0.25, -0.2) is 4.79 Å². The highest BCUT2D eigenvalue weighted by atomic mass is 16.6. The third-order valence-electron chi connectivity index (χ3n) is 3.87. The lowest BCUT2D eigenvalue weighted by atomic mass is 10.1. The molecule has 2 aromatic heterocycles. The summed E-state index contributed by atoms with van der Waals surface area (Å²) in [5, 5.41) is 0.979. The van der Waals surface area contributed by atoms with Crippen molar-refractivity contribution in [1.29, 1.82) is 0 Å². The minimum Gasteiger partial charge on any atom is -0.448 e. The number of carbonyl (C=O) groups excluding carboxylic acids is 2. The zero-order valence-electron chi connectivity index (χ0n) is 15.4. The van der Waals surface area contributed by atoms with E-state index < -0.39 is 17.6 Å². The molecule has 2 heterocycles. The second-order valence-corrected chi connectivity index (χ2v) is 7.12. The van der Waals surface area contributed by atoms with Gasteiger partial charge in [0.2, 0.25) is 11.8 Å². The second kappa shape index (κ2) is 6.71. The summed E-state index contributed by atoms with van der Waals surface area (Å²) in [7, 11) is 1.93. The van der Waals surface area contributed by atoms with Gasteiger partial charge >= 0.3 is 6.09 Å². The SMILES string of the molecule is Cn1cc(CC(=O)N(C(=O)OC(C)(C)C)c2ccco2)c2ccccc21. The third-order valence-corrected chi connectivity index (χ3v) is 3.87. The number of imide groups is 1. The molecule has 3 aromatic rings. The van der Waals surface area contributed by atoms with Gasteiger partial charge in [0.15, 0.2) is 0 Å². The topological polar surface area (TPSA) is 64.7 Å². The van der Waals surface area contributed by atoms with Gasteiger partial charge in [0, 0.05) is 30.2 Å². The van der Waals surface area contributed by atoms with Crippen molar-refractivity contribution in [2.24, 2.45) is 7.05 Å². The molecule has 0 N–H and O–H groups in total. The van der Waals surface area contributed by atoms with Crippen LogP contribution in [-0.2, 0) is 23.0 Å². The zero-order chi connectivity index (χ0) is 18.9. The van der Waals surface area contributed by atoms with Crippen LogP contribution in [0, 0.1) is 0 Å². The van der Waals surface area contributed by atoms with Gasteiger partial charge in [-0.15, -0.1) is 0 Å². The van der Waals surface area contributed by atoms with Crippen molar-refractivity contribution in [1.82, 2.24) is 4.57 Å². The fourth-order valence-corrected chi connectivity index (χ4v) is 2.83. The van der Waals surface area contributed by atoms with Gasteiger partial charge in [0.25, 0.3) is 0 Å². The predicted octanol–water partition coefficient (Wildman–Crippen LogP) is 4.28. The second-order valence-electron chi connectivity index (χ2n) is 7.12. The Labute approximate surface area is 151 Å². The maximum absolute atomic E-state index is 12.9. The van der Waals surface area contributed by atoms with E-state index in [1.807, 2.05) is 42.1 Å². The Balaban J connectivity index is 1.91. The van der Waals surface area contributed by atoms with Crippen molar-refractivity contribution in [2.45, 2.75) is 32.8 Å². The van der Waals surface area contributed by atoms with Crippen molar-refractivity contribution in [3.8, 4) is 0 Å². The fourth-order valence-electron chi connectivity index (χ4n) is 2.83. The highest BCUT2D eigenvalue weighted by Gasteiger charge is 2.31. The van der Waals surface area contributed by atoms with Crippen molar-refractivity contribution in [2.75, 3.05) is 4.90 Å². The van der Waals surface area contributed by atoms with Crippen LogP contribution in [0.4, 0.5) is 10.7 Å². The Morgan fingerprint density at radius 2 is 1.88 bits per heavy atom. The highest BCUT2D eigenvalue weighted by Crippen LogP contribution is 2.24. The Hall–Kier alpha value is -3.02. The normalized spacial score (nSPS) is 11.5. The van der Waals surface area contributed by atoms with Crippen molar-refractivity contribution < 1.29 is 18.7 Å². The number of fused-ring (bicyclic) bond motifs is 1. The molecule has 0 bridgehead atoms. The molecule has 6 nitrogen and oxygen atoms in total. The van der Waals surface area contributed by atoms with E-state index in [4.69, 9.17) is 9.15 Å². The number of hydrogen-bond acceptors (Lipinski definition) is 4. The number of furan rings is 1. The first kappa shape index (κ1) is 17.8. The van der Waals surface area contributed by atoms with Crippen LogP contribution in [0.2, 0.25) is 0 Å². The standard InChI is InChI=1S/C20H22N2O4/c1-20(2,3)26-19(24)22(18-10-7-11-25-18)17(23)12-14-13-21(4)16-9-6-5-8-15(14)16/h5-11,13H,12H2,1-4H3. The molecule has 1 aromatic carbocycles. The average Bonchev–Trinajstić information content (AvgIpc) is 3.16. The summed E-state index contributed by atoms with van der Waals surface area (Å²) in [5.41, 5.74) is 1.15. The van der Waals surface area contributed by atoms with Crippen molar-refractivity contribution in [3.05, 3.63) is 54.4 Å². The number of rotatable bonds is 3. The number of benzene rings is 1. The van der Waals surface area contributed by atoms with E-state index in [0.29, 0.717) is 0 Å². The molecular weight excluding hydrogens is 332 g/mol. The lowest BCUT2D eigenvalue weighted by Crippen LogP contribution is -2.41. The van der Waals surface area contributed by atoms with Gasteiger partial charge in [-0.05, 0) is 38.5 Å². The van der Waals surface area contributed by atoms with Crippen LogP contribution < -0.4 is 4.90 Å². The molecule has 0 radical (unpaired) electrons. The van der Waals surface area contributed by atoms with Crippen LogP contribution in [-0.4, -0.2) is 22.2 Å². The van der Waals surface area contributed by atoms with E-state index in [2.05, 4.69) is 0 Å². The van der Waals surface area contributed by atoms with Gasteiger partial charge in [0.05, 0.1) is 12.7 Å². The summed E-state index contributed by atoms with van der Waals surface area (Å²) >= 11 is 0. The summed E-state index contributed by atoms with van der Waals surface area (Å²) < 4.78 is 12.6. The Morgan fingerprint density at radius 3 is 2.54 bits per heavy atom. The van der Waals surface area contributed by atoms with Crippen LogP contribution in [0.3, 0.4) is 0 Å². The summed E-state index contributed by atoms with van der Waals surface area (Å²) in [4.78, 5) is 26.5. The lowest BCUT2D eigenvalue weighted by molar-refractivity contribution is -0.117. The van der Waals surface area contributed by atoms with Gasteiger partial charge in [-0.2, -0.15) is 4.90 Å². The van der Waals surface area contributed by atoms with Crippen LogP contribution >= 0.6 is 0 Å². The minimum absolute atomic E-state index is 0.0568. The molecule has 0 saturated carbocycles. The molecule has 0 fully saturated rings. The van der Waals surface area contributed by atoms with Gasteiger partial charge in [-0.1, -0.05) is 18.2 Å². The fraction of sp³-hybridized carbons (Fsp3) is 0.300. The van der Waals surface area contributed by atoms with Crippen LogP contribution in [0.1, 0.15) is 26.3 Å². The van der Waals surface area contributed by atoms with E-state index in [-0.39, 0.29) is 12.3 Å². The van der Waals surface area contributed by atoms with Crippen molar-refractivity contribution >= 4 is 28.8 Å².